The van der Waals surface area contributed by atoms with Crippen molar-refractivity contribution in [1.29, 1.82) is 0 Å². The number of para-hydroxylation sites is 2. The maximum Gasteiger partial charge on any atom is 0.321 e. The third-order valence-electron chi connectivity index (χ3n) is 7.07. The molecule has 2 amide bonds. The first-order valence-corrected chi connectivity index (χ1v) is 11.5. The first-order chi connectivity index (χ1) is 16.6. The van der Waals surface area contributed by atoms with Crippen LogP contribution in [0.2, 0.25) is 0 Å². The van der Waals surface area contributed by atoms with Crippen molar-refractivity contribution in [3.63, 3.8) is 0 Å². The molecule has 172 valence electrons. The highest BCUT2D eigenvalue weighted by Gasteiger charge is 2.51. The number of nitrogens with zero attached hydrogens (tertiary/aromatic N) is 2. The summed E-state index contributed by atoms with van der Waals surface area (Å²) in [5.41, 5.74) is 10.2. The fourth-order valence-electron chi connectivity index (χ4n) is 5.56. The highest BCUT2D eigenvalue weighted by atomic mass is 16.5. The number of hydrogen-bond donors (Lipinski definition) is 2. The molecule has 0 saturated carbocycles. The van der Waals surface area contributed by atoms with Crippen LogP contribution in [0, 0.1) is 0 Å². The average Bonchev–Trinajstić information content (AvgIpc) is 3.51. The Balaban J connectivity index is 1.52. The molecule has 0 spiro atoms. The predicted octanol–water partition coefficient (Wildman–Crippen LogP) is 2.76. The van der Waals surface area contributed by atoms with E-state index in [0.717, 1.165) is 57.2 Å². The largest absolute Gasteiger partial charge is 0.443 e. The van der Waals surface area contributed by atoms with E-state index in [-0.39, 0.29) is 18.4 Å². The van der Waals surface area contributed by atoms with E-state index in [1.54, 1.807) is 0 Å². The zero-order valence-electron chi connectivity index (χ0n) is 18.5. The average molecular weight is 457 g/mol. The van der Waals surface area contributed by atoms with Crippen LogP contribution in [0.15, 0.2) is 54.9 Å². The number of hydrogen-bond acceptors (Lipinski definition) is 5. The number of amides is 2. The van der Waals surface area contributed by atoms with Gasteiger partial charge in [0.05, 0.1) is 23.9 Å². The molecule has 3 N–H and O–H groups in total. The fraction of sp³-hybridized carbons (Fsp3) is 0.269. The van der Waals surface area contributed by atoms with E-state index in [1.807, 2.05) is 48.8 Å². The molecule has 0 unspecified atom stereocenters. The number of aromatic nitrogens is 2. The molecule has 0 bridgehead atoms. The summed E-state index contributed by atoms with van der Waals surface area (Å²) in [6, 6.07) is 13.9. The van der Waals surface area contributed by atoms with Gasteiger partial charge in [-0.2, -0.15) is 0 Å². The Morgan fingerprint density at radius 2 is 1.79 bits per heavy atom. The Kier molecular flexibility index (Phi) is 4.77. The van der Waals surface area contributed by atoms with Crippen molar-refractivity contribution < 1.29 is 19.1 Å². The number of rotatable bonds is 5. The first-order valence-electron chi connectivity index (χ1n) is 11.5. The number of aromatic amines is 1. The minimum absolute atomic E-state index is 0.318. The van der Waals surface area contributed by atoms with Gasteiger partial charge >= 0.3 is 5.97 Å². The van der Waals surface area contributed by atoms with Gasteiger partial charge in [0.2, 0.25) is 11.8 Å². The number of carbonyl (C=O) groups excluding carboxylic acids is 3. The molecule has 2 atom stereocenters. The van der Waals surface area contributed by atoms with Crippen molar-refractivity contribution in [2.75, 3.05) is 13.3 Å². The molecule has 1 saturated heterocycles. The van der Waals surface area contributed by atoms with Crippen LogP contribution in [0.25, 0.3) is 21.8 Å². The van der Waals surface area contributed by atoms with E-state index in [9.17, 15) is 14.4 Å². The molecule has 2 aliphatic heterocycles. The zero-order chi connectivity index (χ0) is 23.4. The fourth-order valence-corrected chi connectivity index (χ4v) is 5.56. The van der Waals surface area contributed by atoms with Gasteiger partial charge in [0, 0.05) is 35.2 Å². The minimum atomic E-state index is -0.733. The lowest BCUT2D eigenvalue weighted by molar-refractivity contribution is -0.154. The third-order valence-corrected chi connectivity index (χ3v) is 7.07. The summed E-state index contributed by atoms with van der Waals surface area (Å²) in [4.78, 5) is 43.4. The number of benzene rings is 2. The van der Waals surface area contributed by atoms with Crippen LogP contribution in [-0.2, 0) is 32.1 Å². The SMILES string of the molecule is NCC(=O)OCN1C(=O)[C@H](c2c[nH]c3ccccc23)[C@@H](c2cn3c4c(cccc24)CCC3)C1=O. The second-order valence-corrected chi connectivity index (χ2v) is 8.89. The Morgan fingerprint density at radius 1 is 1.03 bits per heavy atom. The van der Waals surface area contributed by atoms with Crippen LogP contribution >= 0.6 is 0 Å². The predicted molar refractivity (Wildman–Crippen MR) is 126 cm³/mol. The molecule has 2 aromatic heterocycles. The maximum absolute atomic E-state index is 13.8. The molecule has 34 heavy (non-hydrogen) atoms. The standard InChI is InChI=1S/C26H24N4O4/c27-11-21(31)34-14-30-25(32)22(18-12-28-20-9-2-1-7-16(18)20)23(26(30)33)19-13-29-10-4-6-15-5-3-8-17(19)24(15)29/h1-3,5,7-9,12-13,22-23,28H,4,6,10-11,14,27H2/t22-,23-/m1/s1. The van der Waals surface area contributed by atoms with Gasteiger partial charge in [-0.1, -0.05) is 36.4 Å². The number of esters is 1. The number of aryl methyl sites for hydroxylation is 2. The first kappa shape index (κ1) is 20.7. The Morgan fingerprint density at radius 3 is 2.62 bits per heavy atom. The summed E-state index contributed by atoms with van der Waals surface area (Å²) in [5, 5.41) is 1.89. The molecule has 6 rings (SSSR count). The van der Waals surface area contributed by atoms with Crippen molar-refractivity contribution in [3.05, 3.63) is 71.5 Å². The lowest BCUT2D eigenvalue weighted by Crippen LogP contribution is -2.35. The van der Waals surface area contributed by atoms with E-state index in [4.69, 9.17) is 10.5 Å². The number of nitrogens with two attached hydrogens (primary N) is 1. The summed E-state index contributed by atoms with van der Waals surface area (Å²) >= 11 is 0. The number of carbonyl (C=O) groups is 3. The number of nitrogens with one attached hydrogen (secondary N) is 1. The molecule has 8 nitrogen and oxygen atoms in total. The number of likely N-dealkylation sites (tertiary alicyclic amines) is 1. The van der Waals surface area contributed by atoms with Gasteiger partial charge < -0.3 is 20.0 Å². The lowest BCUT2D eigenvalue weighted by Gasteiger charge is -2.15. The van der Waals surface area contributed by atoms with E-state index < -0.39 is 24.5 Å². The summed E-state index contributed by atoms with van der Waals surface area (Å²) in [6.45, 7) is 0.118. The minimum Gasteiger partial charge on any atom is -0.443 e. The molecular weight excluding hydrogens is 432 g/mol. The molecule has 1 fully saturated rings. The van der Waals surface area contributed by atoms with Crippen molar-refractivity contribution in [2.45, 2.75) is 31.2 Å². The Labute approximate surface area is 195 Å². The molecule has 0 radical (unpaired) electrons. The smallest absolute Gasteiger partial charge is 0.321 e. The van der Waals surface area contributed by atoms with Crippen LogP contribution in [0.5, 0.6) is 0 Å². The molecule has 8 heteroatoms. The molecule has 2 aromatic carbocycles. The quantitative estimate of drug-likeness (QED) is 0.354. The highest BCUT2D eigenvalue weighted by molar-refractivity contribution is 6.13. The summed E-state index contributed by atoms with van der Waals surface area (Å²) in [7, 11) is 0. The Hall–Kier alpha value is -3.91. The van der Waals surface area contributed by atoms with Gasteiger partial charge in [-0.3, -0.25) is 14.4 Å². The molecule has 2 aliphatic rings. The van der Waals surface area contributed by atoms with Gasteiger partial charge in [0.1, 0.15) is 0 Å². The number of ether oxygens (including phenoxy) is 1. The van der Waals surface area contributed by atoms with Gasteiger partial charge in [0.25, 0.3) is 0 Å². The van der Waals surface area contributed by atoms with E-state index in [2.05, 4.69) is 15.6 Å². The molecule has 4 heterocycles. The summed E-state index contributed by atoms with van der Waals surface area (Å²) < 4.78 is 7.30. The molecule has 0 aliphatic carbocycles. The van der Waals surface area contributed by atoms with E-state index in [1.165, 1.54) is 5.56 Å². The molecular formula is C26H24N4O4. The van der Waals surface area contributed by atoms with Crippen molar-refractivity contribution in [3.8, 4) is 0 Å². The summed E-state index contributed by atoms with van der Waals surface area (Å²) in [5.74, 6) is -2.87. The van der Waals surface area contributed by atoms with Gasteiger partial charge in [-0.25, -0.2) is 4.90 Å². The van der Waals surface area contributed by atoms with E-state index in [0.29, 0.717) is 0 Å². The van der Waals surface area contributed by atoms with Crippen molar-refractivity contribution >= 4 is 39.6 Å². The second kappa shape index (κ2) is 7.85. The van der Waals surface area contributed by atoms with Crippen molar-refractivity contribution in [1.82, 2.24) is 14.5 Å². The van der Waals surface area contributed by atoms with Gasteiger partial charge in [-0.15, -0.1) is 0 Å². The number of fused-ring (bicyclic) bond motifs is 1. The zero-order valence-corrected chi connectivity index (χ0v) is 18.5. The van der Waals surface area contributed by atoms with Gasteiger partial charge in [-0.05, 0) is 35.6 Å². The normalized spacial score (nSPS) is 20.0. The monoisotopic (exact) mass is 456 g/mol. The molecule has 4 aromatic rings. The maximum atomic E-state index is 13.8. The van der Waals surface area contributed by atoms with Crippen LogP contribution in [0.1, 0.15) is 34.9 Å². The van der Waals surface area contributed by atoms with Crippen molar-refractivity contribution in [2.24, 2.45) is 5.73 Å². The third kappa shape index (κ3) is 2.99. The van der Waals surface area contributed by atoms with Crippen LogP contribution in [-0.4, -0.2) is 45.5 Å². The van der Waals surface area contributed by atoms with Crippen LogP contribution < -0.4 is 5.73 Å². The Bertz CT molecular complexity index is 1470. The van der Waals surface area contributed by atoms with Crippen LogP contribution in [0.4, 0.5) is 0 Å². The van der Waals surface area contributed by atoms with Crippen LogP contribution in [0.3, 0.4) is 0 Å². The number of imide groups is 1. The summed E-state index contributed by atoms with van der Waals surface area (Å²) in [6.07, 6.45) is 5.86. The highest BCUT2D eigenvalue weighted by Crippen LogP contribution is 2.47. The topological polar surface area (TPSA) is 110 Å². The second-order valence-electron chi connectivity index (χ2n) is 8.89. The van der Waals surface area contributed by atoms with E-state index >= 15 is 0 Å². The number of H-pyrrole nitrogens is 1. The lowest BCUT2D eigenvalue weighted by atomic mass is 9.83. The van der Waals surface area contributed by atoms with Gasteiger partial charge in [0.15, 0.2) is 6.73 Å².